The summed E-state index contributed by atoms with van der Waals surface area (Å²) in [6, 6.07) is 9.39. The largest absolute Gasteiger partial charge is 0.454 e. The van der Waals surface area contributed by atoms with Crippen LogP contribution in [0.15, 0.2) is 30.3 Å². The lowest BCUT2D eigenvalue weighted by Crippen LogP contribution is -2.47. The molecule has 2 amide bonds. The smallest absolute Gasteiger partial charge is 0.330 e. The molecule has 0 unspecified atom stereocenters. The number of carbonyl (C=O) groups excluding carboxylic acids is 3. The first-order chi connectivity index (χ1) is 14.0. The van der Waals surface area contributed by atoms with Crippen LogP contribution in [0.1, 0.15) is 51.0 Å². The molecule has 4 rings (SSSR count). The first kappa shape index (κ1) is 20.3. The van der Waals surface area contributed by atoms with E-state index in [2.05, 4.69) is 12.2 Å². The van der Waals surface area contributed by atoms with Gasteiger partial charge in [0.05, 0.1) is 0 Å². The molecule has 3 aliphatic rings. The third-order valence-corrected chi connectivity index (χ3v) is 7.95. The lowest BCUT2D eigenvalue weighted by Gasteiger charge is -2.33. The molecule has 1 aliphatic carbocycles. The van der Waals surface area contributed by atoms with Crippen LogP contribution in [0.2, 0.25) is 0 Å². The summed E-state index contributed by atoms with van der Waals surface area (Å²) in [4.78, 5) is 38.7. The molecule has 156 valence electrons. The molecule has 2 atom stereocenters. The predicted molar refractivity (Wildman–Crippen MR) is 111 cm³/mol. The standard InChI is InChI=1S/C22H28N2O4S/c1-15-7-9-17(10-8-15)23-19(25)13-28-21(27)18-14-29-22(12-11-20(26)24(18)22)16-5-3-2-4-6-16/h2-6,15,17-18H,7-14H2,1H3,(H,23,25)/t15?,17?,18-,22-/m0/s1. The molecule has 2 aliphatic heterocycles. The van der Waals surface area contributed by atoms with Gasteiger partial charge in [0.25, 0.3) is 5.91 Å². The molecule has 1 aromatic carbocycles. The Bertz CT molecular complexity index is 778. The summed E-state index contributed by atoms with van der Waals surface area (Å²) in [5.41, 5.74) is 1.04. The molecule has 1 saturated carbocycles. The number of rotatable bonds is 5. The van der Waals surface area contributed by atoms with Crippen molar-refractivity contribution in [2.45, 2.75) is 62.4 Å². The lowest BCUT2D eigenvalue weighted by molar-refractivity contribution is -0.156. The number of carbonyl (C=O) groups is 3. The van der Waals surface area contributed by atoms with E-state index in [-0.39, 0.29) is 24.5 Å². The molecule has 29 heavy (non-hydrogen) atoms. The molecule has 2 saturated heterocycles. The fraction of sp³-hybridized carbons (Fsp3) is 0.591. The van der Waals surface area contributed by atoms with Crippen molar-refractivity contribution < 1.29 is 19.1 Å². The maximum absolute atomic E-state index is 12.7. The number of esters is 1. The summed E-state index contributed by atoms with van der Waals surface area (Å²) in [5.74, 6) is 0.426. The number of fused-ring (bicyclic) bond motifs is 1. The summed E-state index contributed by atoms with van der Waals surface area (Å²) in [6.45, 7) is 1.95. The number of amides is 2. The Morgan fingerprint density at radius 2 is 1.93 bits per heavy atom. The summed E-state index contributed by atoms with van der Waals surface area (Å²) >= 11 is 1.62. The summed E-state index contributed by atoms with van der Waals surface area (Å²) < 4.78 is 5.33. The van der Waals surface area contributed by atoms with Gasteiger partial charge < -0.3 is 15.0 Å². The summed E-state index contributed by atoms with van der Waals surface area (Å²) in [6.07, 6.45) is 5.28. The van der Waals surface area contributed by atoms with Crippen LogP contribution in [-0.4, -0.2) is 47.1 Å². The molecule has 0 bridgehead atoms. The van der Waals surface area contributed by atoms with Crippen molar-refractivity contribution in [3.05, 3.63) is 35.9 Å². The lowest BCUT2D eigenvalue weighted by atomic mass is 9.87. The zero-order valence-electron chi connectivity index (χ0n) is 16.8. The van der Waals surface area contributed by atoms with E-state index in [1.165, 1.54) is 0 Å². The third-order valence-electron chi connectivity index (χ3n) is 6.35. The zero-order chi connectivity index (χ0) is 20.4. The second kappa shape index (κ2) is 8.38. The van der Waals surface area contributed by atoms with Gasteiger partial charge in [-0.3, -0.25) is 9.59 Å². The average Bonchev–Trinajstić information content (AvgIpc) is 3.28. The van der Waals surface area contributed by atoms with Crippen LogP contribution >= 0.6 is 11.8 Å². The van der Waals surface area contributed by atoms with Crippen LogP contribution in [0, 0.1) is 5.92 Å². The Labute approximate surface area is 175 Å². The number of ether oxygens (including phenoxy) is 1. The number of nitrogens with zero attached hydrogens (tertiary/aromatic N) is 1. The van der Waals surface area contributed by atoms with Gasteiger partial charge in [-0.15, -0.1) is 11.8 Å². The molecule has 2 heterocycles. The minimum Gasteiger partial charge on any atom is -0.454 e. The highest BCUT2D eigenvalue weighted by Crippen LogP contribution is 2.54. The molecule has 3 fully saturated rings. The Morgan fingerprint density at radius 1 is 1.21 bits per heavy atom. The van der Waals surface area contributed by atoms with Gasteiger partial charge in [0.1, 0.15) is 10.9 Å². The van der Waals surface area contributed by atoms with E-state index >= 15 is 0 Å². The molecule has 0 radical (unpaired) electrons. The third kappa shape index (κ3) is 4.02. The first-order valence-corrected chi connectivity index (χ1v) is 11.5. The van der Waals surface area contributed by atoms with Crippen molar-refractivity contribution in [3.63, 3.8) is 0 Å². The summed E-state index contributed by atoms with van der Waals surface area (Å²) in [5, 5.41) is 2.97. The van der Waals surface area contributed by atoms with Gasteiger partial charge in [-0.1, -0.05) is 37.3 Å². The second-order valence-corrected chi connectivity index (χ2v) is 9.67. The van der Waals surface area contributed by atoms with E-state index in [0.717, 1.165) is 31.2 Å². The van der Waals surface area contributed by atoms with Crippen LogP contribution in [-0.2, 0) is 24.0 Å². The van der Waals surface area contributed by atoms with Crippen LogP contribution in [0.3, 0.4) is 0 Å². The van der Waals surface area contributed by atoms with Crippen LogP contribution in [0.25, 0.3) is 0 Å². The van der Waals surface area contributed by atoms with Crippen molar-refractivity contribution in [3.8, 4) is 0 Å². The monoisotopic (exact) mass is 416 g/mol. The van der Waals surface area contributed by atoms with E-state index in [0.29, 0.717) is 24.5 Å². The van der Waals surface area contributed by atoms with Crippen molar-refractivity contribution in [2.75, 3.05) is 12.4 Å². The predicted octanol–water partition coefficient (Wildman–Crippen LogP) is 2.82. The van der Waals surface area contributed by atoms with E-state index in [9.17, 15) is 14.4 Å². The van der Waals surface area contributed by atoms with Gasteiger partial charge in [0.15, 0.2) is 6.61 Å². The average molecular weight is 417 g/mol. The molecular weight excluding hydrogens is 388 g/mol. The summed E-state index contributed by atoms with van der Waals surface area (Å²) in [7, 11) is 0. The fourth-order valence-corrected chi connectivity index (χ4v) is 6.36. The van der Waals surface area contributed by atoms with Gasteiger partial charge in [-0.05, 0) is 43.6 Å². The van der Waals surface area contributed by atoms with E-state index in [1.54, 1.807) is 16.7 Å². The molecule has 1 N–H and O–H groups in total. The van der Waals surface area contributed by atoms with Gasteiger partial charge in [-0.2, -0.15) is 0 Å². The fourth-order valence-electron chi connectivity index (χ4n) is 4.72. The number of benzene rings is 1. The quantitative estimate of drug-likeness (QED) is 0.747. The van der Waals surface area contributed by atoms with Crippen molar-refractivity contribution >= 4 is 29.5 Å². The van der Waals surface area contributed by atoms with Crippen LogP contribution < -0.4 is 5.32 Å². The molecule has 6 nitrogen and oxygen atoms in total. The minimum absolute atomic E-state index is 0.0263. The van der Waals surface area contributed by atoms with Gasteiger partial charge in [0.2, 0.25) is 5.91 Å². The highest BCUT2D eigenvalue weighted by atomic mass is 32.2. The Kier molecular flexibility index (Phi) is 5.86. The Morgan fingerprint density at radius 3 is 2.66 bits per heavy atom. The highest BCUT2D eigenvalue weighted by molar-refractivity contribution is 8.00. The van der Waals surface area contributed by atoms with Gasteiger partial charge in [0, 0.05) is 18.2 Å². The van der Waals surface area contributed by atoms with Gasteiger partial charge in [-0.25, -0.2) is 4.79 Å². The Balaban J connectivity index is 1.36. The first-order valence-electron chi connectivity index (χ1n) is 10.5. The van der Waals surface area contributed by atoms with E-state index in [4.69, 9.17) is 4.74 Å². The SMILES string of the molecule is CC1CCC(NC(=O)COC(=O)[C@@H]2CS[C@]3(c4ccccc4)CCC(=O)N23)CC1. The van der Waals surface area contributed by atoms with E-state index < -0.39 is 16.9 Å². The number of hydrogen-bond acceptors (Lipinski definition) is 5. The Hall–Kier alpha value is -2.02. The van der Waals surface area contributed by atoms with Crippen molar-refractivity contribution in [1.82, 2.24) is 10.2 Å². The maximum atomic E-state index is 12.7. The molecular formula is C22H28N2O4S. The molecule has 1 aromatic rings. The number of nitrogens with one attached hydrogen (secondary N) is 1. The topological polar surface area (TPSA) is 75.7 Å². The van der Waals surface area contributed by atoms with Gasteiger partial charge >= 0.3 is 5.97 Å². The number of thioether (sulfide) groups is 1. The number of hydrogen-bond donors (Lipinski definition) is 1. The van der Waals surface area contributed by atoms with Crippen molar-refractivity contribution in [2.24, 2.45) is 5.92 Å². The second-order valence-electron chi connectivity index (χ2n) is 8.37. The highest BCUT2D eigenvalue weighted by Gasteiger charge is 2.57. The van der Waals surface area contributed by atoms with Crippen molar-refractivity contribution in [1.29, 1.82) is 0 Å². The maximum Gasteiger partial charge on any atom is 0.330 e. The minimum atomic E-state index is -0.640. The normalized spacial score (nSPS) is 31.4. The van der Waals surface area contributed by atoms with Crippen LogP contribution in [0.5, 0.6) is 0 Å². The molecule has 0 spiro atoms. The zero-order valence-corrected chi connectivity index (χ0v) is 17.6. The molecule has 0 aromatic heterocycles. The molecule has 7 heteroatoms. The van der Waals surface area contributed by atoms with E-state index in [1.807, 2.05) is 30.3 Å². The van der Waals surface area contributed by atoms with Crippen LogP contribution in [0.4, 0.5) is 0 Å².